The van der Waals surface area contributed by atoms with Crippen molar-refractivity contribution in [2.75, 3.05) is 13.2 Å². The molecule has 1 aromatic heterocycles. The highest BCUT2D eigenvalue weighted by atomic mass is 16.6. The Kier molecular flexibility index (Phi) is 5.09. The van der Waals surface area contributed by atoms with Gasteiger partial charge in [-0.05, 0) is 31.0 Å². The topological polar surface area (TPSA) is 56.5 Å². The molecule has 0 saturated carbocycles. The van der Waals surface area contributed by atoms with E-state index in [4.69, 9.17) is 13.9 Å². The standard InChI is InChI=1S/C19H26N2O3/c1-5-15(14-6-7-16-17(10-14)23-9-8-22-16)20-11-18-13(4)21-19(24-18)12(2)3/h6-7,10,12,15,20H,5,8-9,11H2,1-4H3. The summed E-state index contributed by atoms with van der Waals surface area (Å²) < 4.78 is 17.2. The summed E-state index contributed by atoms with van der Waals surface area (Å²) >= 11 is 0. The lowest BCUT2D eigenvalue weighted by Crippen LogP contribution is -2.21. The minimum atomic E-state index is 0.229. The highest BCUT2D eigenvalue weighted by Crippen LogP contribution is 2.33. The van der Waals surface area contributed by atoms with Gasteiger partial charge in [-0.2, -0.15) is 0 Å². The van der Waals surface area contributed by atoms with Gasteiger partial charge >= 0.3 is 0 Å². The molecule has 1 atom stereocenters. The lowest BCUT2D eigenvalue weighted by molar-refractivity contribution is 0.171. The van der Waals surface area contributed by atoms with Crippen LogP contribution in [0.4, 0.5) is 0 Å². The van der Waals surface area contributed by atoms with E-state index in [0.717, 1.165) is 35.3 Å². The van der Waals surface area contributed by atoms with Crippen molar-refractivity contribution in [3.63, 3.8) is 0 Å². The third-order valence-electron chi connectivity index (χ3n) is 4.29. The number of aromatic nitrogens is 1. The van der Waals surface area contributed by atoms with Gasteiger partial charge in [0.05, 0.1) is 12.2 Å². The zero-order valence-electron chi connectivity index (χ0n) is 14.9. The van der Waals surface area contributed by atoms with Crippen LogP contribution < -0.4 is 14.8 Å². The van der Waals surface area contributed by atoms with Crippen molar-refractivity contribution in [3.05, 3.63) is 41.1 Å². The van der Waals surface area contributed by atoms with Gasteiger partial charge in [0.1, 0.15) is 19.0 Å². The molecule has 0 amide bonds. The minimum absolute atomic E-state index is 0.229. The lowest BCUT2D eigenvalue weighted by Gasteiger charge is -2.22. The van der Waals surface area contributed by atoms with Crippen LogP contribution in [0.15, 0.2) is 22.6 Å². The molecule has 1 aromatic carbocycles. The van der Waals surface area contributed by atoms with Crippen LogP contribution in [0.25, 0.3) is 0 Å². The van der Waals surface area contributed by atoms with Crippen molar-refractivity contribution in [2.24, 2.45) is 0 Å². The number of nitrogens with zero attached hydrogens (tertiary/aromatic N) is 1. The maximum atomic E-state index is 5.88. The fraction of sp³-hybridized carbons (Fsp3) is 0.526. The summed E-state index contributed by atoms with van der Waals surface area (Å²) in [5, 5.41) is 3.57. The zero-order valence-corrected chi connectivity index (χ0v) is 14.9. The van der Waals surface area contributed by atoms with E-state index >= 15 is 0 Å². The van der Waals surface area contributed by atoms with Crippen LogP contribution >= 0.6 is 0 Å². The monoisotopic (exact) mass is 330 g/mol. The SMILES string of the molecule is CCC(NCc1oc(C(C)C)nc1C)c1ccc2c(c1)OCCO2. The predicted octanol–water partition coefficient (Wildman–Crippen LogP) is 4.12. The summed E-state index contributed by atoms with van der Waals surface area (Å²) in [7, 11) is 0. The molecule has 1 aliphatic rings. The number of oxazole rings is 1. The molecule has 2 heterocycles. The van der Waals surface area contributed by atoms with Crippen LogP contribution in [0, 0.1) is 6.92 Å². The Hall–Kier alpha value is -2.01. The normalized spacial score (nSPS) is 14.9. The molecule has 24 heavy (non-hydrogen) atoms. The van der Waals surface area contributed by atoms with E-state index in [1.54, 1.807) is 0 Å². The van der Waals surface area contributed by atoms with E-state index in [0.29, 0.717) is 25.7 Å². The summed E-state index contributed by atoms with van der Waals surface area (Å²) in [6, 6.07) is 6.39. The Labute approximate surface area is 143 Å². The molecule has 0 bridgehead atoms. The fourth-order valence-electron chi connectivity index (χ4n) is 2.85. The van der Waals surface area contributed by atoms with Gasteiger partial charge in [0.2, 0.25) is 0 Å². The molecule has 0 fully saturated rings. The molecule has 0 aliphatic carbocycles. The quantitative estimate of drug-likeness (QED) is 0.863. The van der Waals surface area contributed by atoms with Gasteiger partial charge in [-0.3, -0.25) is 0 Å². The summed E-state index contributed by atoms with van der Waals surface area (Å²) in [6.07, 6.45) is 0.976. The van der Waals surface area contributed by atoms with Gasteiger partial charge in [0, 0.05) is 12.0 Å². The van der Waals surface area contributed by atoms with Gasteiger partial charge in [0.15, 0.2) is 17.4 Å². The van der Waals surface area contributed by atoms with Crippen molar-refractivity contribution < 1.29 is 13.9 Å². The van der Waals surface area contributed by atoms with Gasteiger partial charge in [-0.1, -0.05) is 26.8 Å². The van der Waals surface area contributed by atoms with Crippen molar-refractivity contribution in [3.8, 4) is 11.5 Å². The van der Waals surface area contributed by atoms with Crippen molar-refractivity contribution >= 4 is 0 Å². The Morgan fingerprint density at radius 1 is 1.17 bits per heavy atom. The number of fused-ring (bicyclic) bond motifs is 1. The van der Waals surface area contributed by atoms with Gasteiger partial charge in [0.25, 0.3) is 0 Å². The number of benzene rings is 1. The van der Waals surface area contributed by atoms with E-state index < -0.39 is 0 Å². The zero-order chi connectivity index (χ0) is 17.1. The molecular weight excluding hydrogens is 304 g/mol. The number of rotatable bonds is 6. The molecule has 0 saturated heterocycles. The third kappa shape index (κ3) is 3.56. The molecule has 0 radical (unpaired) electrons. The van der Waals surface area contributed by atoms with Crippen LogP contribution in [0.1, 0.15) is 62.1 Å². The molecule has 5 heteroatoms. The molecular formula is C19H26N2O3. The number of ether oxygens (including phenoxy) is 2. The first-order chi connectivity index (χ1) is 11.6. The first-order valence-electron chi connectivity index (χ1n) is 8.67. The molecule has 2 aromatic rings. The predicted molar refractivity (Wildman–Crippen MR) is 92.6 cm³/mol. The molecule has 1 unspecified atom stereocenters. The first kappa shape index (κ1) is 16.8. The van der Waals surface area contributed by atoms with E-state index in [-0.39, 0.29) is 6.04 Å². The second-order valence-electron chi connectivity index (χ2n) is 6.46. The van der Waals surface area contributed by atoms with Gasteiger partial charge in [-0.15, -0.1) is 0 Å². The molecule has 5 nitrogen and oxygen atoms in total. The van der Waals surface area contributed by atoms with Gasteiger partial charge in [-0.25, -0.2) is 4.98 Å². The molecule has 3 rings (SSSR count). The Morgan fingerprint density at radius 2 is 1.92 bits per heavy atom. The Morgan fingerprint density at radius 3 is 2.58 bits per heavy atom. The molecule has 130 valence electrons. The summed E-state index contributed by atoms with van der Waals surface area (Å²) in [5.74, 6) is 3.67. The average molecular weight is 330 g/mol. The number of hydrogen-bond donors (Lipinski definition) is 1. The second-order valence-corrected chi connectivity index (χ2v) is 6.46. The van der Waals surface area contributed by atoms with Crippen LogP contribution in [-0.4, -0.2) is 18.2 Å². The number of aryl methyl sites for hydroxylation is 1. The van der Waals surface area contributed by atoms with Crippen LogP contribution in [-0.2, 0) is 6.54 Å². The Balaban J connectivity index is 1.71. The highest BCUT2D eigenvalue weighted by Gasteiger charge is 2.18. The van der Waals surface area contributed by atoms with Crippen LogP contribution in [0.3, 0.4) is 0 Å². The molecule has 1 aliphatic heterocycles. The maximum absolute atomic E-state index is 5.88. The summed E-state index contributed by atoms with van der Waals surface area (Å²) in [5.41, 5.74) is 2.16. The Bertz CT molecular complexity index is 694. The van der Waals surface area contributed by atoms with Gasteiger partial charge < -0.3 is 19.2 Å². The fourth-order valence-corrected chi connectivity index (χ4v) is 2.85. The van der Waals surface area contributed by atoms with E-state index in [1.807, 2.05) is 13.0 Å². The second kappa shape index (κ2) is 7.26. The van der Waals surface area contributed by atoms with Crippen molar-refractivity contribution in [2.45, 2.75) is 52.6 Å². The lowest BCUT2D eigenvalue weighted by atomic mass is 10.0. The maximum Gasteiger partial charge on any atom is 0.197 e. The smallest absolute Gasteiger partial charge is 0.197 e. The van der Waals surface area contributed by atoms with Crippen LogP contribution in [0.2, 0.25) is 0 Å². The number of hydrogen-bond acceptors (Lipinski definition) is 5. The molecule has 1 N–H and O–H groups in total. The average Bonchev–Trinajstić information content (AvgIpc) is 2.96. The molecule has 0 spiro atoms. The van der Waals surface area contributed by atoms with E-state index in [2.05, 4.69) is 43.2 Å². The first-order valence-corrected chi connectivity index (χ1v) is 8.67. The summed E-state index contributed by atoms with van der Waals surface area (Å²) in [6.45, 7) is 10.2. The van der Waals surface area contributed by atoms with Crippen molar-refractivity contribution in [1.29, 1.82) is 0 Å². The van der Waals surface area contributed by atoms with Crippen molar-refractivity contribution in [1.82, 2.24) is 10.3 Å². The highest BCUT2D eigenvalue weighted by molar-refractivity contribution is 5.44. The van der Waals surface area contributed by atoms with E-state index in [9.17, 15) is 0 Å². The summed E-state index contributed by atoms with van der Waals surface area (Å²) in [4.78, 5) is 4.50. The van der Waals surface area contributed by atoms with Crippen LogP contribution in [0.5, 0.6) is 11.5 Å². The minimum Gasteiger partial charge on any atom is -0.486 e. The largest absolute Gasteiger partial charge is 0.486 e. The number of nitrogens with one attached hydrogen (secondary N) is 1. The van der Waals surface area contributed by atoms with E-state index in [1.165, 1.54) is 5.56 Å². The third-order valence-corrected chi connectivity index (χ3v) is 4.29.